The minimum atomic E-state index is -0.794. The number of rotatable bonds is 3. The molecule has 28 heavy (non-hydrogen) atoms. The molecule has 0 aliphatic heterocycles. The maximum absolute atomic E-state index is 13.1. The Labute approximate surface area is 167 Å². The summed E-state index contributed by atoms with van der Waals surface area (Å²) in [4.78, 5) is 35.4. The van der Waals surface area contributed by atoms with Crippen molar-refractivity contribution in [3.8, 4) is 11.4 Å². The number of carbonyl (C=O) groups excluding carboxylic acids is 1. The molecule has 0 aliphatic rings. The fourth-order valence-corrected chi connectivity index (χ4v) is 2.97. The smallest absolute Gasteiger partial charge is 0.326 e. The van der Waals surface area contributed by atoms with Gasteiger partial charge in [0.25, 0.3) is 5.56 Å². The van der Waals surface area contributed by atoms with Gasteiger partial charge in [-0.05, 0) is 48.5 Å². The van der Waals surface area contributed by atoms with E-state index in [1.165, 1.54) is 12.1 Å². The van der Waals surface area contributed by atoms with Crippen molar-refractivity contribution in [3.05, 3.63) is 99.0 Å². The monoisotopic (exact) mass is 438 g/mol. The zero-order chi connectivity index (χ0) is 19.7. The molecule has 0 radical (unpaired) electrons. The number of nitrogens with zero attached hydrogens (tertiary/aromatic N) is 2. The van der Waals surface area contributed by atoms with Gasteiger partial charge in [0.2, 0.25) is 0 Å². The summed E-state index contributed by atoms with van der Waals surface area (Å²) in [5.74, 6) is -1.08. The lowest BCUT2D eigenvalue weighted by molar-refractivity contribution is 0.0449. The Balaban J connectivity index is 1.87. The number of para-hydroxylation sites is 1. The predicted molar refractivity (Wildman–Crippen MR) is 106 cm³/mol. The first-order valence-corrected chi connectivity index (χ1v) is 9.08. The summed E-state index contributed by atoms with van der Waals surface area (Å²) in [5.41, 5.74) is 0.680. The highest BCUT2D eigenvalue weighted by molar-refractivity contribution is 9.10. The molecule has 3 aromatic carbocycles. The van der Waals surface area contributed by atoms with E-state index in [4.69, 9.17) is 4.84 Å². The van der Waals surface area contributed by atoms with Crippen LogP contribution in [-0.4, -0.2) is 15.7 Å². The van der Waals surface area contributed by atoms with Crippen LogP contribution >= 0.6 is 15.9 Å². The molecule has 7 heteroatoms. The van der Waals surface area contributed by atoms with Gasteiger partial charge in [0.1, 0.15) is 5.82 Å². The van der Waals surface area contributed by atoms with Gasteiger partial charge in [0, 0.05) is 10.0 Å². The van der Waals surface area contributed by atoms with Crippen LogP contribution < -0.4 is 10.4 Å². The lowest BCUT2D eigenvalue weighted by Crippen LogP contribution is -2.33. The van der Waals surface area contributed by atoms with E-state index in [0.717, 1.165) is 21.3 Å². The number of fused-ring (bicyclic) bond motifs is 1. The molecule has 0 spiro atoms. The Hall–Kier alpha value is -3.32. The molecule has 4 rings (SSSR count). The first-order valence-electron chi connectivity index (χ1n) is 8.29. The number of carbonyl (C=O) groups is 1. The van der Waals surface area contributed by atoms with Gasteiger partial charge >= 0.3 is 5.97 Å². The number of halogens is 2. The van der Waals surface area contributed by atoms with E-state index >= 15 is 0 Å². The number of hydrogen-bond acceptors (Lipinski definition) is 4. The molecule has 0 atom stereocenters. The topological polar surface area (TPSA) is 61.2 Å². The average Bonchev–Trinajstić information content (AvgIpc) is 2.71. The molecule has 4 aromatic rings. The van der Waals surface area contributed by atoms with Gasteiger partial charge in [-0.2, -0.15) is 0 Å². The standard InChI is InChI=1S/C21H12BrFN2O3/c22-15-9-5-13(6-10-15)19-24-18-4-2-1-3-17(18)20(26)25(19)28-21(27)14-7-11-16(23)12-8-14/h1-12H. The van der Waals surface area contributed by atoms with Crippen LogP contribution in [0.2, 0.25) is 0 Å². The quantitative estimate of drug-likeness (QED) is 0.480. The lowest BCUT2D eigenvalue weighted by atomic mass is 10.2. The highest BCUT2D eigenvalue weighted by Gasteiger charge is 2.18. The molecular formula is C21H12BrFN2O3. The fraction of sp³-hybridized carbons (Fsp3) is 0. The van der Waals surface area contributed by atoms with E-state index in [0.29, 0.717) is 16.5 Å². The fourth-order valence-electron chi connectivity index (χ4n) is 2.70. The molecule has 0 saturated heterocycles. The van der Waals surface area contributed by atoms with Crippen molar-refractivity contribution in [3.63, 3.8) is 0 Å². The third-order valence-corrected chi connectivity index (χ3v) is 4.62. The van der Waals surface area contributed by atoms with E-state index in [2.05, 4.69) is 20.9 Å². The zero-order valence-electron chi connectivity index (χ0n) is 14.3. The largest absolute Gasteiger partial charge is 0.363 e. The van der Waals surface area contributed by atoms with Gasteiger partial charge in [0.05, 0.1) is 16.5 Å². The average molecular weight is 439 g/mol. The Kier molecular flexibility index (Phi) is 4.75. The summed E-state index contributed by atoms with van der Waals surface area (Å²) < 4.78 is 14.8. The van der Waals surface area contributed by atoms with Crippen LogP contribution in [0.25, 0.3) is 22.3 Å². The second-order valence-electron chi connectivity index (χ2n) is 5.94. The van der Waals surface area contributed by atoms with E-state index in [1.807, 2.05) is 0 Å². The molecule has 1 aromatic heterocycles. The highest BCUT2D eigenvalue weighted by Crippen LogP contribution is 2.21. The molecule has 0 amide bonds. The van der Waals surface area contributed by atoms with Gasteiger partial charge in [-0.1, -0.05) is 40.2 Å². The predicted octanol–water partition coefficient (Wildman–Crippen LogP) is 4.23. The second-order valence-corrected chi connectivity index (χ2v) is 6.86. The minimum absolute atomic E-state index is 0.114. The summed E-state index contributed by atoms with van der Waals surface area (Å²) in [6.45, 7) is 0. The molecule has 0 fully saturated rings. The highest BCUT2D eigenvalue weighted by atomic mass is 79.9. The lowest BCUT2D eigenvalue weighted by Gasteiger charge is -2.13. The van der Waals surface area contributed by atoms with Crippen molar-refractivity contribution in [2.45, 2.75) is 0 Å². The summed E-state index contributed by atoms with van der Waals surface area (Å²) in [5, 5.41) is 0.315. The molecular weight excluding hydrogens is 427 g/mol. The van der Waals surface area contributed by atoms with E-state index in [1.54, 1.807) is 48.5 Å². The Morgan fingerprint density at radius 2 is 1.64 bits per heavy atom. The summed E-state index contributed by atoms with van der Waals surface area (Å²) in [6.07, 6.45) is 0. The van der Waals surface area contributed by atoms with Crippen molar-refractivity contribution in [2.75, 3.05) is 0 Å². The molecule has 5 nitrogen and oxygen atoms in total. The minimum Gasteiger partial charge on any atom is -0.326 e. The van der Waals surface area contributed by atoms with Crippen molar-refractivity contribution < 1.29 is 14.0 Å². The van der Waals surface area contributed by atoms with E-state index in [-0.39, 0.29) is 11.4 Å². The Morgan fingerprint density at radius 1 is 0.964 bits per heavy atom. The maximum Gasteiger partial charge on any atom is 0.363 e. The number of benzene rings is 3. The summed E-state index contributed by atoms with van der Waals surface area (Å²) in [6, 6.07) is 18.8. The van der Waals surface area contributed by atoms with Gasteiger partial charge in [0.15, 0.2) is 5.82 Å². The van der Waals surface area contributed by atoms with Gasteiger partial charge < -0.3 is 4.84 Å². The van der Waals surface area contributed by atoms with Gasteiger partial charge in [-0.3, -0.25) is 4.79 Å². The first-order chi connectivity index (χ1) is 13.5. The van der Waals surface area contributed by atoms with Crippen LogP contribution in [0.4, 0.5) is 4.39 Å². The first kappa shape index (κ1) is 18.1. The zero-order valence-corrected chi connectivity index (χ0v) is 15.9. The molecule has 0 aliphatic carbocycles. The van der Waals surface area contributed by atoms with E-state index < -0.39 is 17.3 Å². The van der Waals surface area contributed by atoms with Crippen molar-refractivity contribution in [1.29, 1.82) is 0 Å². The molecule has 0 N–H and O–H groups in total. The normalized spacial score (nSPS) is 10.8. The summed E-state index contributed by atoms with van der Waals surface area (Å²) in [7, 11) is 0. The van der Waals surface area contributed by atoms with Gasteiger partial charge in [-0.25, -0.2) is 14.2 Å². The molecule has 0 unspecified atom stereocenters. The van der Waals surface area contributed by atoms with Crippen LogP contribution in [0.5, 0.6) is 0 Å². The Bertz CT molecular complexity index is 1240. The van der Waals surface area contributed by atoms with Gasteiger partial charge in [-0.15, -0.1) is 4.73 Å². The molecule has 1 heterocycles. The summed E-state index contributed by atoms with van der Waals surface area (Å²) >= 11 is 3.36. The Morgan fingerprint density at radius 3 is 2.36 bits per heavy atom. The SMILES string of the molecule is O=C(On1c(-c2ccc(Br)cc2)nc2ccccc2c1=O)c1ccc(F)cc1. The van der Waals surface area contributed by atoms with Crippen molar-refractivity contribution >= 4 is 32.8 Å². The van der Waals surface area contributed by atoms with Crippen LogP contribution in [0, 0.1) is 5.82 Å². The van der Waals surface area contributed by atoms with E-state index in [9.17, 15) is 14.0 Å². The molecule has 138 valence electrons. The number of hydrogen-bond donors (Lipinski definition) is 0. The van der Waals surface area contributed by atoms with Crippen LogP contribution in [0.1, 0.15) is 10.4 Å². The van der Waals surface area contributed by atoms with Crippen LogP contribution in [0.15, 0.2) is 82.1 Å². The second kappa shape index (κ2) is 7.36. The van der Waals surface area contributed by atoms with Crippen LogP contribution in [0.3, 0.4) is 0 Å². The molecule has 0 saturated carbocycles. The van der Waals surface area contributed by atoms with Crippen LogP contribution in [-0.2, 0) is 0 Å². The van der Waals surface area contributed by atoms with Crippen molar-refractivity contribution in [2.24, 2.45) is 0 Å². The molecule has 0 bridgehead atoms. The third-order valence-electron chi connectivity index (χ3n) is 4.09. The maximum atomic E-state index is 13.1. The van der Waals surface area contributed by atoms with Crippen molar-refractivity contribution in [1.82, 2.24) is 9.71 Å². The third kappa shape index (κ3) is 3.44. The number of aromatic nitrogens is 2.